The molecule has 0 spiro atoms. The van der Waals surface area contributed by atoms with E-state index in [4.69, 9.17) is 9.47 Å². The van der Waals surface area contributed by atoms with Crippen LogP contribution in [0.3, 0.4) is 0 Å². The average molecular weight is 530 g/mol. The number of carbonyl (C=O) groups excluding carboxylic acids is 1. The van der Waals surface area contributed by atoms with E-state index in [1.54, 1.807) is 11.8 Å². The van der Waals surface area contributed by atoms with Crippen molar-refractivity contribution in [3.05, 3.63) is 72.4 Å². The maximum atomic E-state index is 12.5. The first kappa shape index (κ1) is 24.9. The van der Waals surface area contributed by atoms with E-state index in [1.807, 2.05) is 71.3 Å². The minimum absolute atomic E-state index is 0.0112. The monoisotopic (exact) mass is 529 g/mol. The highest BCUT2D eigenvalue weighted by molar-refractivity contribution is 7.99. The highest BCUT2D eigenvalue weighted by Crippen LogP contribution is 2.31. The molecule has 0 radical (unpaired) electrons. The highest BCUT2D eigenvalue weighted by Gasteiger charge is 2.22. The summed E-state index contributed by atoms with van der Waals surface area (Å²) >= 11 is 1.61. The van der Waals surface area contributed by atoms with Crippen LogP contribution in [0.15, 0.2) is 76.7 Å². The van der Waals surface area contributed by atoms with Gasteiger partial charge in [0.15, 0.2) is 11.5 Å². The van der Waals surface area contributed by atoms with Crippen LogP contribution in [-0.2, 0) is 4.74 Å². The molecule has 1 saturated heterocycles. The zero-order valence-corrected chi connectivity index (χ0v) is 22.0. The lowest BCUT2D eigenvalue weighted by molar-refractivity contribution is 0.0322. The van der Waals surface area contributed by atoms with Crippen LogP contribution in [0.4, 0.5) is 0 Å². The maximum absolute atomic E-state index is 12.5. The Balaban J connectivity index is 1.15. The number of hydrogen-bond acceptors (Lipinski definition) is 7. The van der Waals surface area contributed by atoms with E-state index in [0.717, 1.165) is 72.0 Å². The van der Waals surface area contributed by atoms with Crippen LogP contribution < -0.4 is 10.1 Å². The van der Waals surface area contributed by atoms with Gasteiger partial charge in [0, 0.05) is 53.3 Å². The van der Waals surface area contributed by atoms with Crippen LogP contribution in [0.25, 0.3) is 17.0 Å². The minimum atomic E-state index is -0.0112. The van der Waals surface area contributed by atoms with Gasteiger partial charge >= 0.3 is 0 Å². The Morgan fingerprint density at radius 1 is 1.03 bits per heavy atom. The van der Waals surface area contributed by atoms with Crippen molar-refractivity contribution in [3.8, 4) is 17.1 Å². The summed E-state index contributed by atoms with van der Waals surface area (Å²) in [5.74, 6) is 2.22. The van der Waals surface area contributed by atoms with E-state index in [1.165, 1.54) is 12.8 Å². The van der Waals surface area contributed by atoms with E-state index in [9.17, 15) is 4.79 Å². The fourth-order valence-electron chi connectivity index (χ4n) is 4.47. The van der Waals surface area contributed by atoms with Crippen molar-refractivity contribution >= 4 is 23.3 Å². The molecular formula is C29H31N5O3S. The number of amides is 1. The number of ether oxygens (including phenoxy) is 2. The lowest BCUT2D eigenvalue weighted by Crippen LogP contribution is -2.38. The summed E-state index contributed by atoms with van der Waals surface area (Å²) in [6, 6.07) is 19.8. The molecule has 2 fully saturated rings. The summed E-state index contributed by atoms with van der Waals surface area (Å²) in [5, 5.41) is 11.9. The van der Waals surface area contributed by atoms with E-state index in [-0.39, 0.29) is 5.91 Å². The Kier molecular flexibility index (Phi) is 7.57. The molecule has 4 aromatic rings. The van der Waals surface area contributed by atoms with Crippen molar-refractivity contribution in [1.29, 1.82) is 0 Å². The smallest absolute Gasteiger partial charge is 0.251 e. The van der Waals surface area contributed by atoms with Crippen LogP contribution in [-0.4, -0.2) is 71.4 Å². The zero-order valence-electron chi connectivity index (χ0n) is 21.2. The molecule has 2 aliphatic rings. The van der Waals surface area contributed by atoms with Gasteiger partial charge in [-0.3, -0.25) is 14.1 Å². The van der Waals surface area contributed by atoms with E-state index >= 15 is 0 Å². The van der Waals surface area contributed by atoms with Gasteiger partial charge in [-0.2, -0.15) is 0 Å². The first-order chi connectivity index (χ1) is 18.7. The third-order valence-corrected chi connectivity index (χ3v) is 7.79. The number of nitrogens with zero attached hydrogens (tertiary/aromatic N) is 4. The Morgan fingerprint density at radius 2 is 1.89 bits per heavy atom. The molecule has 8 nitrogen and oxygen atoms in total. The van der Waals surface area contributed by atoms with Crippen molar-refractivity contribution in [2.45, 2.75) is 22.6 Å². The van der Waals surface area contributed by atoms with Crippen molar-refractivity contribution in [2.24, 2.45) is 5.92 Å². The van der Waals surface area contributed by atoms with Gasteiger partial charge in [-0.25, -0.2) is 0 Å². The molecule has 1 saturated carbocycles. The SMILES string of the molecule is O=C(NCC1CC1)c1cccc(Sc2ccc3nnc(-c4cccc(OCCN5CCOCC5)c4)n3c2)c1. The zero-order chi connectivity index (χ0) is 25.7. The predicted molar refractivity (Wildman–Crippen MR) is 147 cm³/mol. The number of nitrogens with one attached hydrogen (secondary N) is 1. The van der Waals surface area contributed by atoms with E-state index < -0.39 is 0 Å². The van der Waals surface area contributed by atoms with Gasteiger partial charge in [-0.1, -0.05) is 30.0 Å². The summed E-state index contributed by atoms with van der Waals surface area (Å²) in [4.78, 5) is 16.9. The molecule has 0 bridgehead atoms. The third kappa shape index (κ3) is 6.18. The first-order valence-corrected chi connectivity index (χ1v) is 14.0. The molecule has 1 amide bonds. The standard InChI is InChI=1S/C29H31N5O3S/c35-29(30-19-21-7-8-21)23-4-2-6-25(18-23)38-26-9-10-27-31-32-28(34(27)20-26)22-3-1-5-24(17-22)37-16-13-33-11-14-36-15-12-33/h1-6,9-10,17-18,20-21H,7-8,11-16,19H2,(H,30,35). The molecule has 196 valence electrons. The summed E-state index contributed by atoms with van der Waals surface area (Å²) in [5.41, 5.74) is 2.40. The van der Waals surface area contributed by atoms with Gasteiger partial charge in [0.25, 0.3) is 5.91 Å². The topological polar surface area (TPSA) is 81.0 Å². The molecule has 0 atom stereocenters. The summed E-state index contributed by atoms with van der Waals surface area (Å²) in [6.45, 7) is 5.76. The van der Waals surface area contributed by atoms with Crippen LogP contribution >= 0.6 is 11.8 Å². The second kappa shape index (κ2) is 11.6. The summed E-state index contributed by atoms with van der Waals surface area (Å²) < 4.78 is 13.5. The highest BCUT2D eigenvalue weighted by atomic mass is 32.2. The van der Waals surface area contributed by atoms with Gasteiger partial charge in [-0.05, 0) is 61.2 Å². The minimum Gasteiger partial charge on any atom is -0.492 e. The molecular weight excluding hydrogens is 498 g/mol. The molecule has 1 aliphatic carbocycles. The summed E-state index contributed by atoms with van der Waals surface area (Å²) in [6.07, 6.45) is 4.48. The van der Waals surface area contributed by atoms with Crippen molar-refractivity contribution in [1.82, 2.24) is 24.8 Å². The van der Waals surface area contributed by atoms with Gasteiger partial charge in [0.1, 0.15) is 12.4 Å². The third-order valence-electron chi connectivity index (χ3n) is 6.83. The van der Waals surface area contributed by atoms with Crippen molar-refractivity contribution in [3.63, 3.8) is 0 Å². The van der Waals surface area contributed by atoms with Gasteiger partial charge in [0.2, 0.25) is 0 Å². The fourth-order valence-corrected chi connectivity index (χ4v) is 5.37. The van der Waals surface area contributed by atoms with Gasteiger partial charge in [-0.15, -0.1) is 10.2 Å². The number of morpholine rings is 1. The number of hydrogen-bond donors (Lipinski definition) is 1. The molecule has 6 rings (SSSR count). The maximum Gasteiger partial charge on any atom is 0.251 e. The molecule has 9 heteroatoms. The lowest BCUT2D eigenvalue weighted by atomic mass is 10.2. The molecule has 1 aliphatic heterocycles. The molecule has 38 heavy (non-hydrogen) atoms. The Labute approximate surface area is 226 Å². The van der Waals surface area contributed by atoms with Crippen LogP contribution in [0.5, 0.6) is 5.75 Å². The van der Waals surface area contributed by atoms with Crippen molar-refractivity contribution in [2.75, 3.05) is 46.0 Å². The Bertz CT molecular complexity index is 1410. The lowest BCUT2D eigenvalue weighted by Gasteiger charge is -2.26. The number of carbonyl (C=O) groups is 1. The van der Waals surface area contributed by atoms with Gasteiger partial charge < -0.3 is 14.8 Å². The van der Waals surface area contributed by atoms with Crippen LogP contribution in [0.1, 0.15) is 23.2 Å². The number of rotatable bonds is 10. The number of benzene rings is 2. The average Bonchev–Trinajstić information content (AvgIpc) is 3.69. The quantitative estimate of drug-likeness (QED) is 0.326. The second-order valence-electron chi connectivity index (χ2n) is 9.73. The number of aromatic nitrogens is 3. The normalized spacial score (nSPS) is 16.0. The number of pyridine rings is 1. The largest absolute Gasteiger partial charge is 0.492 e. The molecule has 1 N–H and O–H groups in total. The Hall–Kier alpha value is -3.40. The first-order valence-electron chi connectivity index (χ1n) is 13.2. The summed E-state index contributed by atoms with van der Waals surface area (Å²) in [7, 11) is 0. The Morgan fingerprint density at radius 3 is 2.76 bits per heavy atom. The number of fused-ring (bicyclic) bond motifs is 1. The fraction of sp³-hybridized carbons (Fsp3) is 0.345. The van der Waals surface area contributed by atoms with Crippen LogP contribution in [0.2, 0.25) is 0 Å². The molecule has 3 heterocycles. The van der Waals surface area contributed by atoms with E-state index in [2.05, 4.69) is 20.4 Å². The molecule has 2 aromatic carbocycles. The second-order valence-corrected chi connectivity index (χ2v) is 10.9. The van der Waals surface area contributed by atoms with Crippen LogP contribution in [0, 0.1) is 5.92 Å². The molecule has 2 aromatic heterocycles. The predicted octanol–water partition coefficient (Wildman–Crippen LogP) is 4.40. The van der Waals surface area contributed by atoms with E-state index in [0.29, 0.717) is 18.1 Å². The van der Waals surface area contributed by atoms with Gasteiger partial charge in [0.05, 0.1) is 13.2 Å². The van der Waals surface area contributed by atoms with Crippen molar-refractivity contribution < 1.29 is 14.3 Å². The molecule has 0 unspecified atom stereocenters.